The molecule has 0 saturated carbocycles. The van der Waals surface area contributed by atoms with Crippen LogP contribution in [0.25, 0.3) is 0 Å². The first kappa shape index (κ1) is 14.4. The summed E-state index contributed by atoms with van der Waals surface area (Å²) in [5, 5.41) is 0. The quantitative estimate of drug-likeness (QED) is 0.574. The Bertz CT molecular complexity index is 380. The highest BCUT2D eigenvalue weighted by atomic mass is 15.4. The number of hydrogen-bond acceptors (Lipinski definition) is 7. The molecule has 3 N–H and O–H groups in total. The van der Waals surface area contributed by atoms with Crippen molar-refractivity contribution in [1.29, 1.82) is 0 Å². The third kappa shape index (κ3) is 3.19. The van der Waals surface area contributed by atoms with Gasteiger partial charge >= 0.3 is 0 Å². The molecule has 0 aromatic carbocycles. The summed E-state index contributed by atoms with van der Waals surface area (Å²) in [5.41, 5.74) is 2.48. The number of hydrogen-bond donors (Lipinski definition) is 2. The van der Waals surface area contributed by atoms with Gasteiger partial charge in [0.1, 0.15) is 0 Å². The SMILES string of the molecule is CCC(C)N(CC)c1nc(NN)nc(N(C)C)n1. The minimum Gasteiger partial charge on any atom is -0.347 e. The van der Waals surface area contributed by atoms with E-state index in [1.807, 2.05) is 19.0 Å². The second kappa shape index (κ2) is 6.34. The fourth-order valence-electron chi connectivity index (χ4n) is 1.62. The molecule has 1 atom stereocenters. The second-order valence-corrected chi connectivity index (χ2v) is 4.34. The Labute approximate surface area is 108 Å². The van der Waals surface area contributed by atoms with Crippen LogP contribution in [0.2, 0.25) is 0 Å². The smallest absolute Gasteiger partial charge is 0.243 e. The highest BCUT2D eigenvalue weighted by Gasteiger charge is 2.16. The molecule has 102 valence electrons. The van der Waals surface area contributed by atoms with E-state index < -0.39 is 0 Å². The Hall–Kier alpha value is -1.63. The van der Waals surface area contributed by atoms with E-state index in [0.29, 0.717) is 23.9 Å². The predicted octanol–water partition coefficient (Wildman–Crippen LogP) is 0.848. The molecule has 0 amide bonds. The maximum Gasteiger partial charge on any atom is 0.243 e. The summed E-state index contributed by atoms with van der Waals surface area (Å²) in [7, 11) is 3.78. The van der Waals surface area contributed by atoms with Crippen LogP contribution >= 0.6 is 0 Å². The molecule has 1 aromatic rings. The molecule has 0 spiro atoms. The van der Waals surface area contributed by atoms with Crippen LogP contribution in [0.3, 0.4) is 0 Å². The van der Waals surface area contributed by atoms with Crippen molar-refractivity contribution in [3.05, 3.63) is 0 Å². The van der Waals surface area contributed by atoms with Gasteiger partial charge in [-0.15, -0.1) is 0 Å². The standard InChI is InChI=1S/C11H23N7/c1-6-8(3)18(7-2)11-14-9(16-12)13-10(15-11)17(4)5/h8H,6-7,12H2,1-5H3,(H,13,14,15,16). The Morgan fingerprint density at radius 1 is 1.17 bits per heavy atom. The number of hydrazine groups is 1. The Morgan fingerprint density at radius 3 is 2.22 bits per heavy atom. The topological polar surface area (TPSA) is 83.2 Å². The summed E-state index contributed by atoms with van der Waals surface area (Å²) in [4.78, 5) is 16.9. The highest BCUT2D eigenvalue weighted by molar-refractivity contribution is 5.44. The molecular formula is C11H23N7. The van der Waals surface area contributed by atoms with Crippen molar-refractivity contribution in [1.82, 2.24) is 15.0 Å². The van der Waals surface area contributed by atoms with Crippen LogP contribution in [0.4, 0.5) is 17.8 Å². The van der Waals surface area contributed by atoms with Crippen molar-refractivity contribution in [3.63, 3.8) is 0 Å². The molecule has 7 heteroatoms. The monoisotopic (exact) mass is 253 g/mol. The summed E-state index contributed by atoms with van der Waals surface area (Å²) < 4.78 is 0. The van der Waals surface area contributed by atoms with E-state index in [1.165, 1.54) is 0 Å². The molecule has 0 saturated heterocycles. The Morgan fingerprint density at radius 2 is 1.78 bits per heavy atom. The molecule has 0 aliphatic heterocycles. The predicted molar refractivity (Wildman–Crippen MR) is 74.7 cm³/mol. The molecule has 1 unspecified atom stereocenters. The summed E-state index contributed by atoms with van der Waals surface area (Å²) in [5.74, 6) is 7.02. The van der Waals surface area contributed by atoms with E-state index in [4.69, 9.17) is 5.84 Å². The van der Waals surface area contributed by atoms with Crippen molar-refractivity contribution >= 4 is 17.8 Å². The third-order valence-electron chi connectivity index (χ3n) is 2.86. The van der Waals surface area contributed by atoms with Crippen LogP contribution in [-0.4, -0.2) is 41.6 Å². The maximum atomic E-state index is 5.40. The van der Waals surface area contributed by atoms with Gasteiger partial charge in [-0.2, -0.15) is 15.0 Å². The first-order valence-corrected chi connectivity index (χ1v) is 6.20. The lowest BCUT2D eigenvalue weighted by atomic mass is 10.2. The minimum absolute atomic E-state index is 0.373. The Balaban J connectivity index is 3.16. The molecule has 18 heavy (non-hydrogen) atoms. The lowest BCUT2D eigenvalue weighted by Crippen LogP contribution is -2.34. The van der Waals surface area contributed by atoms with Crippen LogP contribution in [0.1, 0.15) is 27.2 Å². The summed E-state index contributed by atoms with van der Waals surface area (Å²) in [6.07, 6.45) is 1.03. The lowest BCUT2D eigenvalue weighted by Gasteiger charge is -2.27. The van der Waals surface area contributed by atoms with E-state index >= 15 is 0 Å². The molecule has 1 rings (SSSR count). The first-order valence-electron chi connectivity index (χ1n) is 6.20. The summed E-state index contributed by atoms with van der Waals surface area (Å²) in [6, 6.07) is 0.373. The van der Waals surface area contributed by atoms with Crippen LogP contribution in [0.5, 0.6) is 0 Å². The molecule has 0 bridgehead atoms. The van der Waals surface area contributed by atoms with Gasteiger partial charge in [0, 0.05) is 26.7 Å². The van der Waals surface area contributed by atoms with Gasteiger partial charge in [0.2, 0.25) is 17.8 Å². The zero-order valence-corrected chi connectivity index (χ0v) is 11.8. The number of nitrogens with two attached hydrogens (primary N) is 1. The molecule has 0 aliphatic carbocycles. The molecule has 0 fully saturated rings. The van der Waals surface area contributed by atoms with Gasteiger partial charge in [-0.05, 0) is 20.3 Å². The van der Waals surface area contributed by atoms with Gasteiger partial charge < -0.3 is 9.80 Å². The fraction of sp³-hybridized carbons (Fsp3) is 0.727. The normalized spacial score (nSPS) is 12.1. The van der Waals surface area contributed by atoms with E-state index in [9.17, 15) is 0 Å². The largest absolute Gasteiger partial charge is 0.347 e. The lowest BCUT2D eigenvalue weighted by molar-refractivity contribution is 0.613. The van der Waals surface area contributed by atoms with Crippen LogP contribution in [0.15, 0.2) is 0 Å². The van der Waals surface area contributed by atoms with Gasteiger partial charge in [-0.25, -0.2) is 5.84 Å². The summed E-state index contributed by atoms with van der Waals surface area (Å²) in [6.45, 7) is 7.22. The zero-order valence-electron chi connectivity index (χ0n) is 11.8. The van der Waals surface area contributed by atoms with Gasteiger partial charge in [-0.3, -0.25) is 5.43 Å². The van der Waals surface area contributed by atoms with E-state index in [-0.39, 0.29) is 0 Å². The van der Waals surface area contributed by atoms with E-state index in [2.05, 4.69) is 46.0 Å². The first-order chi connectivity index (χ1) is 8.53. The number of rotatable bonds is 6. The number of nitrogen functional groups attached to an aromatic ring is 1. The van der Waals surface area contributed by atoms with Crippen LogP contribution in [0, 0.1) is 0 Å². The molecule has 7 nitrogen and oxygen atoms in total. The van der Waals surface area contributed by atoms with Gasteiger partial charge in [-0.1, -0.05) is 6.92 Å². The average molecular weight is 253 g/mol. The van der Waals surface area contributed by atoms with E-state index in [1.54, 1.807) is 0 Å². The summed E-state index contributed by atoms with van der Waals surface area (Å²) >= 11 is 0. The highest BCUT2D eigenvalue weighted by Crippen LogP contribution is 2.17. The van der Waals surface area contributed by atoms with Crippen molar-refractivity contribution in [2.24, 2.45) is 5.84 Å². The van der Waals surface area contributed by atoms with Crippen molar-refractivity contribution in [2.75, 3.05) is 35.9 Å². The van der Waals surface area contributed by atoms with Crippen molar-refractivity contribution < 1.29 is 0 Å². The zero-order chi connectivity index (χ0) is 13.7. The fourth-order valence-corrected chi connectivity index (χ4v) is 1.62. The average Bonchev–Trinajstić information content (AvgIpc) is 2.38. The van der Waals surface area contributed by atoms with E-state index in [0.717, 1.165) is 13.0 Å². The minimum atomic E-state index is 0.373. The van der Waals surface area contributed by atoms with Crippen LogP contribution in [-0.2, 0) is 0 Å². The molecule has 1 aromatic heterocycles. The van der Waals surface area contributed by atoms with Gasteiger partial charge in [0.05, 0.1) is 0 Å². The molecule has 1 heterocycles. The van der Waals surface area contributed by atoms with Crippen molar-refractivity contribution in [2.45, 2.75) is 33.2 Å². The van der Waals surface area contributed by atoms with Crippen LogP contribution < -0.4 is 21.1 Å². The second-order valence-electron chi connectivity index (χ2n) is 4.34. The number of anilines is 3. The number of nitrogens with zero attached hydrogens (tertiary/aromatic N) is 5. The van der Waals surface area contributed by atoms with Gasteiger partial charge in [0.25, 0.3) is 0 Å². The molecule has 0 aliphatic rings. The third-order valence-corrected chi connectivity index (χ3v) is 2.86. The van der Waals surface area contributed by atoms with Crippen molar-refractivity contribution in [3.8, 4) is 0 Å². The van der Waals surface area contributed by atoms with Gasteiger partial charge in [0.15, 0.2) is 0 Å². The molecule has 0 radical (unpaired) electrons. The Kier molecular flexibility index (Phi) is 5.08. The maximum absolute atomic E-state index is 5.40. The molecular weight excluding hydrogens is 230 g/mol. The number of nitrogens with one attached hydrogen (secondary N) is 1. The number of aromatic nitrogens is 3.